The Bertz CT molecular complexity index is 182. The minimum absolute atomic E-state index is 0.0417. The Morgan fingerprint density at radius 2 is 1.75 bits per heavy atom. The number of amides is 1. The lowest BCUT2D eigenvalue weighted by atomic mass is 10.1. The number of hydrogen-bond donors (Lipinski definition) is 1. The Morgan fingerprint density at radius 3 is 2.06 bits per heavy atom. The van der Waals surface area contributed by atoms with Gasteiger partial charge in [-0.05, 0) is 53.8 Å². The Hall–Kier alpha value is -0.610. The van der Waals surface area contributed by atoms with E-state index in [2.05, 4.69) is 17.3 Å². The highest BCUT2D eigenvalue weighted by Gasteiger charge is 2.14. The molecule has 0 spiro atoms. The highest BCUT2D eigenvalue weighted by molar-refractivity contribution is 5.46. The molecule has 0 aromatic rings. The maximum atomic E-state index is 10.0. The van der Waals surface area contributed by atoms with E-state index < -0.39 is 0 Å². The molecule has 0 bridgehead atoms. The number of methoxy groups -OCH3 is 1. The van der Waals surface area contributed by atoms with Crippen molar-refractivity contribution in [3.05, 3.63) is 0 Å². The van der Waals surface area contributed by atoms with Crippen molar-refractivity contribution >= 4 is 6.41 Å². The molecule has 4 nitrogen and oxygen atoms in total. The molecule has 0 unspecified atom stereocenters. The molecule has 1 N–H and O–H groups in total. The zero-order valence-electron chi connectivity index (χ0n) is 11.2. The van der Waals surface area contributed by atoms with Crippen molar-refractivity contribution in [1.82, 2.24) is 10.2 Å². The molecular formula is C12H26N2O2. The van der Waals surface area contributed by atoms with Gasteiger partial charge in [-0.3, -0.25) is 4.79 Å². The SMILES string of the molecule is CN1CCC(NC=O)CC1.COC(C)(C)C. The molecule has 1 aliphatic heterocycles. The van der Waals surface area contributed by atoms with Gasteiger partial charge in [-0.15, -0.1) is 0 Å². The van der Waals surface area contributed by atoms with Gasteiger partial charge in [0.15, 0.2) is 0 Å². The molecule has 1 fully saturated rings. The average Bonchev–Trinajstić information content (AvgIpc) is 2.22. The molecule has 0 aromatic heterocycles. The number of carbonyl (C=O) groups is 1. The van der Waals surface area contributed by atoms with Gasteiger partial charge in [0.05, 0.1) is 5.60 Å². The van der Waals surface area contributed by atoms with Crippen molar-refractivity contribution in [2.75, 3.05) is 27.2 Å². The zero-order valence-corrected chi connectivity index (χ0v) is 11.2. The summed E-state index contributed by atoms with van der Waals surface area (Å²) in [7, 11) is 3.82. The van der Waals surface area contributed by atoms with Gasteiger partial charge < -0.3 is 15.0 Å². The molecule has 96 valence electrons. The number of nitrogens with zero attached hydrogens (tertiary/aromatic N) is 1. The second kappa shape index (κ2) is 7.63. The zero-order chi connectivity index (χ0) is 12.6. The van der Waals surface area contributed by atoms with Gasteiger partial charge in [0.25, 0.3) is 0 Å². The third-order valence-electron chi connectivity index (χ3n) is 2.63. The summed E-state index contributed by atoms with van der Waals surface area (Å²) in [5.41, 5.74) is 0.0417. The fourth-order valence-electron chi connectivity index (χ4n) is 1.27. The van der Waals surface area contributed by atoms with Crippen LogP contribution in [0.15, 0.2) is 0 Å². The first-order chi connectivity index (χ1) is 7.39. The van der Waals surface area contributed by atoms with E-state index in [4.69, 9.17) is 4.74 Å². The van der Waals surface area contributed by atoms with Crippen LogP contribution >= 0.6 is 0 Å². The molecule has 4 heteroatoms. The lowest BCUT2D eigenvalue weighted by molar-refractivity contribution is -0.110. The van der Waals surface area contributed by atoms with Gasteiger partial charge in [-0.1, -0.05) is 0 Å². The Kier molecular flexibility index (Phi) is 7.34. The van der Waals surface area contributed by atoms with Crippen molar-refractivity contribution in [2.24, 2.45) is 0 Å². The predicted molar refractivity (Wildman–Crippen MR) is 66.5 cm³/mol. The van der Waals surface area contributed by atoms with Crippen LogP contribution in [-0.2, 0) is 9.53 Å². The monoisotopic (exact) mass is 230 g/mol. The minimum atomic E-state index is 0.0417. The smallest absolute Gasteiger partial charge is 0.207 e. The van der Waals surface area contributed by atoms with Crippen LogP contribution in [-0.4, -0.2) is 50.2 Å². The van der Waals surface area contributed by atoms with E-state index in [1.54, 1.807) is 7.11 Å². The Balaban J connectivity index is 0.000000325. The Labute approximate surface area is 99.3 Å². The number of likely N-dealkylation sites (tertiary alicyclic amines) is 1. The van der Waals surface area contributed by atoms with Crippen molar-refractivity contribution in [2.45, 2.75) is 45.3 Å². The highest BCUT2D eigenvalue weighted by Crippen LogP contribution is 2.06. The first-order valence-electron chi connectivity index (χ1n) is 5.82. The predicted octanol–water partition coefficient (Wildman–Crippen LogP) is 1.26. The first kappa shape index (κ1) is 15.4. The standard InChI is InChI=1S/C7H14N2O.C5H12O/c1-9-4-2-7(3-5-9)8-6-10;1-5(2,3)6-4/h6-7H,2-5H2,1H3,(H,8,10);1-4H3. The fourth-order valence-corrected chi connectivity index (χ4v) is 1.27. The van der Waals surface area contributed by atoms with Crippen LogP contribution in [0.3, 0.4) is 0 Å². The summed E-state index contributed by atoms with van der Waals surface area (Å²) in [6, 6.07) is 0.425. The van der Waals surface area contributed by atoms with Crippen LogP contribution < -0.4 is 5.32 Å². The van der Waals surface area contributed by atoms with Crippen molar-refractivity contribution < 1.29 is 9.53 Å². The van der Waals surface area contributed by atoms with E-state index in [0.29, 0.717) is 6.04 Å². The summed E-state index contributed by atoms with van der Waals surface area (Å²) in [6.07, 6.45) is 2.99. The lowest BCUT2D eigenvalue weighted by Crippen LogP contribution is -2.40. The van der Waals surface area contributed by atoms with Crippen LogP contribution in [0.5, 0.6) is 0 Å². The van der Waals surface area contributed by atoms with E-state index in [1.165, 1.54) is 0 Å². The largest absolute Gasteiger partial charge is 0.379 e. The number of carbonyl (C=O) groups excluding carboxylic acids is 1. The molecule has 1 heterocycles. The molecular weight excluding hydrogens is 204 g/mol. The number of piperidine rings is 1. The summed E-state index contributed by atoms with van der Waals surface area (Å²) >= 11 is 0. The number of ether oxygens (including phenoxy) is 1. The van der Waals surface area contributed by atoms with Crippen molar-refractivity contribution in [3.63, 3.8) is 0 Å². The fraction of sp³-hybridized carbons (Fsp3) is 0.917. The molecule has 0 atom stereocenters. The normalized spacial score (nSPS) is 18.6. The summed E-state index contributed by atoms with van der Waals surface area (Å²) in [4.78, 5) is 12.3. The maximum Gasteiger partial charge on any atom is 0.207 e. The topological polar surface area (TPSA) is 41.6 Å². The van der Waals surface area contributed by atoms with E-state index >= 15 is 0 Å². The van der Waals surface area contributed by atoms with Crippen molar-refractivity contribution in [3.8, 4) is 0 Å². The molecule has 0 aromatic carbocycles. The quantitative estimate of drug-likeness (QED) is 0.726. The molecule has 0 saturated carbocycles. The van der Waals surface area contributed by atoms with Gasteiger partial charge in [-0.2, -0.15) is 0 Å². The van der Waals surface area contributed by atoms with E-state index in [1.807, 2.05) is 20.8 Å². The number of nitrogens with one attached hydrogen (secondary N) is 1. The molecule has 1 amide bonds. The van der Waals surface area contributed by atoms with Crippen LogP contribution in [0.2, 0.25) is 0 Å². The molecule has 0 aliphatic carbocycles. The number of rotatable bonds is 2. The van der Waals surface area contributed by atoms with Crippen LogP contribution in [0.25, 0.3) is 0 Å². The molecule has 16 heavy (non-hydrogen) atoms. The molecule has 1 saturated heterocycles. The third kappa shape index (κ3) is 8.68. The maximum absolute atomic E-state index is 10.0. The minimum Gasteiger partial charge on any atom is -0.379 e. The number of hydrogen-bond acceptors (Lipinski definition) is 3. The summed E-state index contributed by atoms with van der Waals surface area (Å²) in [5, 5.41) is 2.80. The highest BCUT2D eigenvalue weighted by atomic mass is 16.5. The van der Waals surface area contributed by atoms with Gasteiger partial charge >= 0.3 is 0 Å². The second-order valence-corrected chi connectivity index (χ2v) is 5.18. The van der Waals surface area contributed by atoms with Crippen LogP contribution in [0.4, 0.5) is 0 Å². The molecule has 1 aliphatic rings. The summed E-state index contributed by atoms with van der Waals surface area (Å²) < 4.78 is 4.94. The van der Waals surface area contributed by atoms with Gasteiger partial charge in [0, 0.05) is 13.2 Å². The third-order valence-corrected chi connectivity index (χ3v) is 2.63. The summed E-state index contributed by atoms with van der Waals surface area (Å²) in [5.74, 6) is 0. The van der Waals surface area contributed by atoms with Crippen LogP contribution in [0.1, 0.15) is 33.6 Å². The second-order valence-electron chi connectivity index (χ2n) is 5.18. The van der Waals surface area contributed by atoms with E-state index in [-0.39, 0.29) is 5.60 Å². The first-order valence-corrected chi connectivity index (χ1v) is 5.82. The van der Waals surface area contributed by atoms with Gasteiger partial charge in [-0.25, -0.2) is 0 Å². The van der Waals surface area contributed by atoms with E-state index in [9.17, 15) is 4.79 Å². The molecule has 0 radical (unpaired) electrons. The Morgan fingerprint density at radius 1 is 1.31 bits per heavy atom. The molecule has 1 rings (SSSR count). The lowest BCUT2D eigenvalue weighted by Gasteiger charge is -2.28. The van der Waals surface area contributed by atoms with Crippen molar-refractivity contribution in [1.29, 1.82) is 0 Å². The summed E-state index contributed by atoms with van der Waals surface area (Å²) in [6.45, 7) is 8.27. The average molecular weight is 230 g/mol. The van der Waals surface area contributed by atoms with Gasteiger partial charge in [0.2, 0.25) is 6.41 Å². The van der Waals surface area contributed by atoms with E-state index in [0.717, 1.165) is 32.3 Å². The van der Waals surface area contributed by atoms with Crippen LogP contribution in [0, 0.1) is 0 Å². The van der Waals surface area contributed by atoms with Gasteiger partial charge in [0.1, 0.15) is 0 Å².